The molecule has 1 saturated heterocycles. The molecule has 0 spiro atoms. The van der Waals surface area contributed by atoms with Gasteiger partial charge in [-0.3, -0.25) is 5.10 Å². The first-order valence-electron chi connectivity index (χ1n) is 8.27. The zero-order chi connectivity index (χ0) is 18.1. The average molecular weight is 364 g/mol. The molecule has 0 unspecified atom stereocenters. The fraction of sp³-hybridized carbons (Fsp3) is 0.438. The topological polar surface area (TPSA) is 89.9 Å². The molecule has 0 aliphatic carbocycles. The Labute approximate surface area is 147 Å². The SMILES string of the molecule is Cc1nc2ccc(Nc3cc(OC(F)F)n[nH]3)nc2n1C[C@H]1CCOC1. The van der Waals surface area contributed by atoms with Crippen molar-refractivity contribution in [2.24, 2.45) is 5.92 Å². The number of aromatic amines is 1. The number of halogens is 2. The van der Waals surface area contributed by atoms with Gasteiger partial charge in [0.15, 0.2) is 5.65 Å². The number of nitrogens with one attached hydrogen (secondary N) is 2. The van der Waals surface area contributed by atoms with Gasteiger partial charge in [0.05, 0.1) is 6.61 Å². The van der Waals surface area contributed by atoms with Crippen LogP contribution in [0.2, 0.25) is 0 Å². The van der Waals surface area contributed by atoms with Gasteiger partial charge in [0.1, 0.15) is 23.0 Å². The van der Waals surface area contributed by atoms with Crippen LogP contribution in [-0.4, -0.2) is 44.6 Å². The molecule has 4 heterocycles. The van der Waals surface area contributed by atoms with E-state index in [1.54, 1.807) is 6.07 Å². The predicted octanol–water partition coefficient (Wildman–Crippen LogP) is 2.84. The molecule has 2 N–H and O–H groups in total. The number of hydrogen-bond acceptors (Lipinski definition) is 6. The summed E-state index contributed by atoms with van der Waals surface area (Å²) in [5, 5.41) is 9.24. The van der Waals surface area contributed by atoms with Gasteiger partial charge in [-0.2, -0.15) is 8.78 Å². The number of H-pyrrole nitrogens is 1. The Bertz CT molecular complexity index is 903. The van der Waals surface area contributed by atoms with Crippen molar-refractivity contribution in [2.45, 2.75) is 26.5 Å². The molecular weight excluding hydrogens is 346 g/mol. The van der Waals surface area contributed by atoms with Crippen molar-refractivity contribution < 1.29 is 18.3 Å². The monoisotopic (exact) mass is 364 g/mol. The Morgan fingerprint density at radius 2 is 2.31 bits per heavy atom. The van der Waals surface area contributed by atoms with Gasteiger partial charge in [0, 0.05) is 25.1 Å². The minimum atomic E-state index is -2.92. The Kier molecular flexibility index (Phi) is 4.41. The van der Waals surface area contributed by atoms with Gasteiger partial charge in [-0.1, -0.05) is 0 Å². The Hall–Kier alpha value is -2.75. The van der Waals surface area contributed by atoms with Gasteiger partial charge in [-0.05, 0) is 25.5 Å². The van der Waals surface area contributed by atoms with Crippen LogP contribution in [0.4, 0.5) is 20.4 Å². The summed E-state index contributed by atoms with van der Waals surface area (Å²) in [6.45, 7) is 1.37. The molecule has 0 radical (unpaired) electrons. The Balaban J connectivity index is 1.57. The molecule has 1 aliphatic rings. The second kappa shape index (κ2) is 6.87. The van der Waals surface area contributed by atoms with Gasteiger partial charge >= 0.3 is 6.61 Å². The molecule has 1 fully saturated rings. The van der Waals surface area contributed by atoms with E-state index in [-0.39, 0.29) is 5.88 Å². The normalized spacial score (nSPS) is 17.3. The molecule has 1 aliphatic heterocycles. The number of rotatable bonds is 6. The lowest BCUT2D eigenvalue weighted by Gasteiger charge is -2.11. The maximum Gasteiger partial charge on any atom is 0.388 e. The molecule has 138 valence electrons. The molecule has 10 heteroatoms. The summed E-state index contributed by atoms with van der Waals surface area (Å²) in [7, 11) is 0. The van der Waals surface area contributed by atoms with Gasteiger partial charge in [-0.25, -0.2) is 9.97 Å². The highest BCUT2D eigenvalue weighted by molar-refractivity contribution is 5.74. The highest BCUT2D eigenvalue weighted by Gasteiger charge is 2.19. The van der Waals surface area contributed by atoms with Crippen LogP contribution in [0.25, 0.3) is 11.2 Å². The Morgan fingerprint density at radius 1 is 1.42 bits per heavy atom. The molecule has 3 aromatic heterocycles. The quantitative estimate of drug-likeness (QED) is 0.699. The largest absolute Gasteiger partial charge is 0.415 e. The van der Waals surface area contributed by atoms with Crippen LogP contribution in [-0.2, 0) is 11.3 Å². The molecule has 4 rings (SSSR count). The van der Waals surface area contributed by atoms with E-state index < -0.39 is 6.61 Å². The third-order valence-electron chi connectivity index (χ3n) is 4.27. The lowest BCUT2D eigenvalue weighted by molar-refractivity contribution is -0.0528. The number of ether oxygens (including phenoxy) is 2. The summed E-state index contributed by atoms with van der Waals surface area (Å²) in [4.78, 5) is 9.16. The van der Waals surface area contributed by atoms with Crippen LogP contribution < -0.4 is 10.1 Å². The van der Waals surface area contributed by atoms with Crippen molar-refractivity contribution >= 4 is 22.8 Å². The van der Waals surface area contributed by atoms with Gasteiger partial charge in [0.2, 0.25) is 5.88 Å². The van der Waals surface area contributed by atoms with E-state index in [0.717, 1.165) is 43.2 Å². The first kappa shape index (κ1) is 16.7. The second-order valence-corrected chi connectivity index (χ2v) is 6.16. The number of imidazole rings is 1. The number of aryl methyl sites for hydroxylation is 1. The van der Waals surface area contributed by atoms with Crippen molar-refractivity contribution in [1.29, 1.82) is 0 Å². The van der Waals surface area contributed by atoms with Crippen LogP contribution in [0.5, 0.6) is 5.88 Å². The van der Waals surface area contributed by atoms with E-state index in [4.69, 9.17) is 4.74 Å². The molecule has 1 atom stereocenters. The number of pyridine rings is 1. The molecule has 3 aromatic rings. The summed E-state index contributed by atoms with van der Waals surface area (Å²) in [6.07, 6.45) is 1.03. The highest BCUT2D eigenvalue weighted by atomic mass is 19.3. The standard InChI is InChI=1S/C16H18F2N6O2/c1-9-19-11-2-3-12(20-13-6-14(23-22-13)26-16(17)18)21-15(11)24(9)7-10-4-5-25-8-10/h2-3,6,10,16H,4-5,7-8H2,1H3,(H2,20,21,22,23)/t10-/m1/s1. The predicted molar refractivity (Wildman–Crippen MR) is 89.7 cm³/mol. The summed E-state index contributed by atoms with van der Waals surface area (Å²) >= 11 is 0. The third-order valence-corrected chi connectivity index (χ3v) is 4.27. The highest BCUT2D eigenvalue weighted by Crippen LogP contribution is 2.23. The lowest BCUT2D eigenvalue weighted by Crippen LogP contribution is -2.12. The number of hydrogen-bond donors (Lipinski definition) is 2. The van der Waals surface area contributed by atoms with Crippen molar-refractivity contribution in [3.05, 3.63) is 24.0 Å². The van der Waals surface area contributed by atoms with Crippen LogP contribution in [0.15, 0.2) is 18.2 Å². The third kappa shape index (κ3) is 3.45. The van der Waals surface area contributed by atoms with Crippen molar-refractivity contribution in [2.75, 3.05) is 18.5 Å². The van der Waals surface area contributed by atoms with Gasteiger partial charge < -0.3 is 19.4 Å². The number of anilines is 2. The smallest absolute Gasteiger partial charge is 0.388 e. The lowest BCUT2D eigenvalue weighted by atomic mass is 10.1. The van der Waals surface area contributed by atoms with Crippen molar-refractivity contribution in [3.63, 3.8) is 0 Å². The van der Waals surface area contributed by atoms with Crippen LogP contribution in [0.3, 0.4) is 0 Å². The van der Waals surface area contributed by atoms with E-state index in [2.05, 4.69) is 34.8 Å². The number of alkyl halides is 2. The average Bonchev–Trinajstić information content (AvgIpc) is 3.31. The van der Waals surface area contributed by atoms with Gasteiger partial charge in [-0.15, -0.1) is 5.10 Å². The second-order valence-electron chi connectivity index (χ2n) is 6.16. The number of nitrogens with zero attached hydrogens (tertiary/aromatic N) is 4. The first-order valence-corrected chi connectivity index (χ1v) is 8.27. The fourth-order valence-electron chi connectivity index (χ4n) is 3.05. The summed E-state index contributed by atoms with van der Waals surface area (Å²) < 4.78 is 36.2. The summed E-state index contributed by atoms with van der Waals surface area (Å²) in [5.74, 6) is 2.11. The van der Waals surface area contributed by atoms with E-state index in [0.29, 0.717) is 17.6 Å². The molecule has 0 saturated carbocycles. The number of fused-ring (bicyclic) bond motifs is 1. The van der Waals surface area contributed by atoms with E-state index in [9.17, 15) is 8.78 Å². The van der Waals surface area contributed by atoms with E-state index >= 15 is 0 Å². The van der Waals surface area contributed by atoms with Crippen LogP contribution in [0, 0.1) is 12.8 Å². The molecule has 0 bridgehead atoms. The maximum absolute atomic E-state index is 12.2. The summed E-state index contributed by atoms with van der Waals surface area (Å²) in [6, 6.07) is 4.98. The minimum absolute atomic E-state index is 0.189. The fourth-order valence-corrected chi connectivity index (χ4v) is 3.05. The maximum atomic E-state index is 12.2. The van der Waals surface area contributed by atoms with Gasteiger partial charge in [0.25, 0.3) is 0 Å². The molecule has 0 amide bonds. The number of aromatic nitrogens is 5. The van der Waals surface area contributed by atoms with Crippen LogP contribution >= 0.6 is 0 Å². The van der Waals surface area contributed by atoms with Crippen molar-refractivity contribution in [3.8, 4) is 5.88 Å². The van der Waals surface area contributed by atoms with Crippen LogP contribution in [0.1, 0.15) is 12.2 Å². The summed E-state index contributed by atoms with van der Waals surface area (Å²) in [5.41, 5.74) is 1.57. The zero-order valence-corrected chi connectivity index (χ0v) is 14.1. The van der Waals surface area contributed by atoms with E-state index in [1.807, 2.05) is 13.0 Å². The van der Waals surface area contributed by atoms with E-state index in [1.165, 1.54) is 6.07 Å². The Morgan fingerprint density at radius 3 is 3.08 bits per heavy atom. The molecule has 26 heavy (non-hydrogen) atoms. The van der Waals surface area contributed by atoms with Crippen molar-refractivity contribution in [1.82, 2.24) is 24.7 Å². The molecule has 0 aromatic carbocycles. The molecular formula is C16H18F2N6O2. The first-order chi connectivity index (χ1) is 12.6. The molecule has 8 nitrogen and oxygen atoms in total. The zero-order valence-electron chi connectivity index (χ0n) is 14.1. The minimum Gasteiger partial charge on any atom is -0.415 e.